The molecule has 30 heteroatoms. The van der Waals surface area contributed by atoms with Crippen molar-refractivity contribution >= 4 is 88.5 Å². The van der Waals surface area contributed by atoms with Crippen LogP contribution in [0.15, 0.2) is 0 Å². The van der Waals surface area contributed by atoms with Gasteiger partial charge < -0.3 is 81.9 Å². The number of unbranched alkanes of at least 4 members (excludes halogenated alkanes) is 16. The number of ether oxygens (including phenoxy) is 4. The van der Waals surface area contributed by atoms with Gasteiger partial charge in [0.1, 0.15) is 42.6 Å². The van der Waals surface area contributed by atoms with Crippen molar-refractivity contribution in [3.05, 3.63) is 0 Å². The van der Waals surface area contributed by atoms with E-state index in [2.05, 4.69) is 26.6 Å². The molecule has 0 heterocycles. The van der Waals surface area contributed by atoms with E-state index < -0.39 is 109 Å². The minimum atomic E-state index is -1.30. The van der Waals surface area contributed by atoms with Crippen LogP contribution < -0.4 is 32.3 Å². The first kappa shape index (κ1) is 89.9. The monoisotopic (exact) mass is 1360 g/mol. The Labute approximate surface area is 557 Å². The summed E-state index contributed by atoms with van der Waals surface area (Å²) in [5, 5.41) is 68.6. The zero-order valence-corrected chi connectivity index (χ0v) is 56.6. The van der Waals surface area contributed by atoms with E-state index in [0.717, 1.165) is 44.9 Å². The average Bonchev–Trinajstić information content (AvgIpc) is 1.56. The molecule has 5 amide bonds. The number of thioether (sulfide) groups is 1. The van der Waals surface area contributed by atoms with E-state index in [9.17, 15) is 82.8 Å². The number of aliphatic carboxylic acids is 5. The van der Waals surface area contributed by atoms with Gasteiger partial charge in [-0.15, -0.1) is 0 Å². The first-order chi connectivity index (χ1) is 44.8. The Balaban J connectivity index is 0. The summed E-state index contributed by atoms with van der Waals surface area (Å²) in [5.41, 5.74) is 5.09. The largest absolute Gasteiger partial charge is 0.481 e. The number of carboxylic acids is 5. The number of aliphatic hydroxyl groups excluding tert-OH is 1. The van der Waals surface area contributed by atoms with Crippen molar-refractivity contribution in [1.82, 2.24) is 26.6 Å². The van der Waals surface area contributed by atoms with Crippen LogP contribution in [0, 0.1) is 17.8 Å². The molecule has 94 heavy (non-hydrogen) atoms. The van der Waals surface area contributed by atoms with Crippen LogP contribution in [0.2, 0.25) is 0 Å². The maximum Gasteiger partial charge on any atom is 0.326 e. The number of carbonyl (C=O) groups excluding carboxylic acids is 8. The maximum absolute atomic E-state index is 12.7. The van der Waals surface area contributed by atoms with Gasteiger partial charge in [0.2, 0.25) is 29.5 Å². The lowest BCUT2D eigenvalue weighted by Gasteiger charge is -2.16. The van der Waals surface area contributed by atoms with Gasteiger partial charge in [0.15, 0.2) is 0 Å². The highest BCUT2D eigenvalue weighted by molar-refractivity contribution is 7.99. The molecule has 0 aromatic heterocycles. The van der Waals surface area contributed by atoms with Gasteiger partial charge >= 0.3 is 29.8 Å². The van der Waals surface area contributed by atoms with Crippen molar-refractivity contribution < 1.29 is 112 Å². The zero-order valence-electron chi connectivity index (χ0n) is 55.8. The number of amides is 5. The van der Waals surface area contributed by atoms with Crippen LogP contribution >= 0.6 is 11.8 Å². The predicted molar refractivity (Wildman–Crippen MR) is 349 cm³/mol. The molecule has 0 rings (SSSR count). The molecule has 0 spiro atoms. The summed E-state index contributed by atoms with van der Waals surface area (Å²) in [6.07, 6.45) is 17.5. The molecule has 0 saturated heterocycles. The lowest BCUT2D eigenvalue weighted by molar-refractivity contribution is -0.145. The molecule has 6 atom stereocenters. The van der Waals surface area contributed by atoms with E-state index in [1.165, 1.54) is 70.1 Å². The van der Waals surface area contributed by atoms with E-state index in [1.807, 2.05) is 0 Å². The van der Waals surface area contributed by atoms with Gasteiger partial charge in [-0.05, 0) is 65.2 Å². The molecule has 0 radical (unpaired) electrons. The van der Waals surface area contributed by atoms with Gasteiger partial charge in [-0.2, -0.15) is 11.8 Å². The van der Waals surface area contributed by atoms with Gasteiger partial charge in [0.05, 0.1) is 69.9 Å². The molecular weight excluding hydrogens is 1250 g/mol. The number of rotatable bonds is 64. The summed E-state index contributed by atoms with van der Waals surface area (Å²) < 4.78 is 21.3. The average molecular weight is 1370 g/mol. The lowest BCUT2D eigenvalue weighted by Crippen LogP contribution is -2.42. The Kier molecular flexibility index (Phi) is 57.8. The smallest absolute Gasteiger partial charge is 0.326 e. The summed E-state index contributed by atoms with van der Waals surface area (Å²) in [7, 11) is 0. The van der Waals surface area contributed by atoms with E-state index in [4.69, 9.17) is 34.9 Å². The highest BCUT2D eigenvalue weighted by Gasteiger charge is 2.27. The Hall–Kier alpha value is -6.18. The second-order valence-corrected chi connectivity index (χ2v) is 24.1. The topological polar surface area (TPSA) is 466 Å². The van der Waals surface area contributed by atoms with Gasteiger partial charge in [-0.1, -0.05) is 96.8 Å². The molecule has 29 nitrogen and oxygen atoms in total. The van der Waals surface area contributed by atoms with E-state index in [1.54, 1.807) is 13.8 Å². The Morgan fingerprint density at radius 3 is 1.35 bits per heavy atom. The molecule has 13 N–H and O–H groups in total. The van der Waals surface area contributed by atoms with E-state index in [0.29, 0.717) is 31.4 Å². The highest BCUT2D eigenvalue weighted by Crippen LogP contribution is 2.19. The van der Waals surface area contributed by atoms with Crippen LogP contribution in [0.3, 0.4) is 0 Å². The number of ketones is 3. The van der Waals surface area contributed by atoms with E-state index in [-0.39, 0.29) is 147 Å². The summed E-state index contributed by atoms with van der Waals surface area (Å²) in [5.74, 6) is -11.1. The van der Waals surface area contributed by atoms with Crippen molar-refractivity contribution in [3.8, 4) is 0 Å². The van der Waals surface area contributed by atoms with E-state index >= 15 is 0 Å². The van der Waals surface area contributed by atoms with Crippen molar-refractivity contribution in [3.63, 3.8) is 0 Å². The fraction of sp³-hybridized carbons (Fsp3) is 0.797. The summed E-state index contributed by atoms with van der Waals surface area (Å²) in [6.45, 7) is 4.62. The molecule has 0 aliphatic heterocycles. The number of hydrogen-bond donors (Lipinski definition) is 12. The maximum atomic E-state index is 12.7. The number of carboxylic acid groups (broad SMARTS) is 5. The minimum Gasteiger partial charge on any atom is -0.481 e. The fourth-order valence-electron chi connectivity index (χ4n) is 8.91. The van der Waals surface area contributed by atoms with Gasteiger partial charge in [-0.25, -0.2) is 9.59 Å². The van der Waals surface area contributed by atoms with Gasteiger partial charge in [-0.3, -0.25) is 52.7 Å². The molecule has 0 aromatic rings. The normalized spacial score (nSPS) is 12.9. The molecule has 0 aliphatic rings. The van der Waals surface area contributed by atoms with Crippen LogP contribution in [-0.4, -0.2) is 216 Å². The Morgan fingerprint density at radius 2 is 0.883 bits per heavy atom. The number of Topliss-reactive ketones (excluding diaryl/α,β-unsaturated/α-hetero) is 3. The summed E-state index contributed by atoms with van der Waals surface area (Å²) >= 11 is 1.23. The lowest BCUT2D eigenvalue weighted by atomic mass is 9.94. The third kappa shape index (κ3) is 56.2. The molecule has 542 valence electrons. The number of hydrogen-bond acceptors (Lipinski definition) is 20. The first-order valence-electron chi connectivity index (χ1n) is 33.2. The molecule has 0 bridgehead atoms. The fourth-order valence-corrected chi connectivity index (χ4v) is 10.0. The minimum absolute atomic E-state index is 0.0142. The van der Waals surface area contributed by atoms with Crippen LogP contribution in [0.5, 0.6) is 0 Å². The number of nitrogens with two attached hydrogens (primary N) is 1. The Morgan fingerprint density at radius 1 is 0.436 bits per heavy atom. The van der Waals surface area contributed by atoms with Crippen LogP contribution in [0.4, 0.5) is 0 Å². The second kappa shape index (κ2) is 60.5. The van der Waals surface area contributed by atoms with Crippen molar-refractivity contribution in [2.45, 2.75) is 219 Å². The van der Waals surface area contributed by atoms with Crippen LogP contribution in [0.25, 0.3) is 0 Å². The van der Waals surface area contributed by atoms with Crippen molar-refractivity contribution in [2.75, 3.05) is 90.6 Å². The first-order valence-corrected chi connectivity index (χ1v) is 34.3. The Bertz CT molecular complexity index is 2190. The summed E-state index contributed by atoms with van der Waals surface area (Å²) in [6, 6.07) is -2.76. The third-order valence-corrected chi connectivity index (χ3v) is 15.9. The number of carbonyl (C=O) groups is 13. The van der Waals surface area contributed by atoms with Gasteiger partial charge in [0, 0.05) is 69.8 Å². The molecular formula is C64H112N6O23S. The molecule has 0 fully saturated rings. The zero-order chi connectivity index (χ0) is 70.7. The predicted octanol–water partition coefficient (Wildman–Crippen LogP) is 4.37. The summed E-state index contributed by atoms with van der Waals surface area (Å²) in [4.78, 5) is 154. The van der Waals surface area contributed by atoms with Crippen molar-refractivity contribution in [2.24, 2.45) is 23.5 Å². The SMILES string of the molecule is CC(=O)[C@H](C)N.CC[C@@H](CSCC(=O)NCCCC[C@@H](NC(=O)COCCOCCNC(=O)COCCOCCNC(=O)CC[C@H](CC(=O)CC[C@@H](NC(=O)CCCCCCCCCCCCCCCCCCC(=O)O)C(=O)O)C(=O)O)C(=O)O)C(=O)C[C@@H](CO)C(=O)O. The third-order valence-electron chi connectivity index (χ3n) is 14.8. The van der Waals surface area contributed by atoms with Crippen LogP contribution in [0.1, 0.15) is 201 Å². The molecule has 0 aromatic carbocycles. The number of aliphatic hydroxyl groups is 1. The van der Waals surface area contributed by atoms with Crippen molar-refractivity contribution in [1.29, 1.82) is 0 Å². The standard InChI is InChI=1S/C60H103N5O22S.C4H9NO/c1-2-44(50(68)38-46(39-66)58(78)79)42-88-43-55(73)61-28-20-19-21-48(59(80)81)65-54(72)41-87-36-34-85-32-30-63-53(71)40-86-35-33-84-31-29-62-51(69)27-24-45(57(76)77)37-47(67)25-26-49(60(82)83)64-52(70)22-17-15-13-11-9-7-5-3-4-6-8-10-12-14-16-18-23-56(74)75;1-3(5)4(2)6/h44-46,48-49,66H,2-43H2,1H3,(H,61,73)(H,62,69)(H,63,71)(H,64,70)(H,65,72)(H,74,75)(H,76,77)(H,78,79)(H,80,81)(H,82,83);3H,5H2,1-2H3/t44-,45+,46-,48+,49+;3-/m00/s1. The molecule has 0 unspecified atom stereocenters. The second-order valence-electron chi connectivity index (χ2n) is 23.1. The quantitative estimate of drug-likeness (QED) is 0.0376. The van der Waals surface area contributed by atoms with Crippen LogP contribution in [-0.2, 0) is 81.3 Å². The molecule has 0 aliphatic carbocycles. The highest BCUT2D eigenvalue weighted by atomic mass is 32.2. The number of nitrogens with one attached hydrogen (secondary N) is 5. The van der Waals surface area contributed by atoms with Gasteiger partial charge in [0.25, 0.3) is 0 Å². The molecule has 0 saturated carbocycles.